The smallest absolute Gasteiger partial charge is 0.229 e. The number of hydrogen-bond acceptors (Lipinski definition) is 3. The molecule has 4 heteroatoms. The van der Waals surface area contributed by atoms with Crippen LogP contribution in [-0.4, -0.2) is 25.8 Å². The van der Waals surface area contributed by atoms with Gasteiger partial charge in [-0.05, 0) is 37.1 Å². The summed E-state index contributed by atoms with van der Waals surface area (Å²) in [5.74, 6) is 1.12. The fourth-order valence-corrected chi connectivity index (χ4v) is 2.39. The van der Waals surface area contributed by atoms with Gasteiger partial charge in [-0.15, -0.1) is 0 Å². The van der Waals surface area contributed by atoms with Crippen LogP contribution in [0.1, 0.15) is 25.7 Å². The van der Waals surface area contributed by atoms with E-state index < -0.39 is 0 Å². The molecule has 0 atom stereocenters. The highest BCUT2D eigenvalue weighted by Crippen LogP contribution is 2.26. The van der Waals surface area contributed by atoms with Crippen molar-refractivity contribution in [2.45, 2.75) is 25.7 Å². The van der Waals surface area contributed by atoms with Crippen LogP contribution in [-0.2, 0) is 9.59 Å². The molecule has 1 amide bonds. The average molecular weight is 261 g/mol. The number of ketones is 1. The number of anilines is 1. The summed E-state index contributed by atoms with van der Waals surface area (Å²) in [5, 5.41) is 0. The number of hydrogen-bond donors (Lipinski definition) is 0. The molecular weight excluding hydrogens is 242 g/mol. The Labute approximate surface area is 113 Å². The van der Waals surface area contributed by atoms with Gasteiger partial charge < -0.3 is 9.64 Å². The molecule has 1 aromatic carbocycles. The zero-order valence-corrected chi connectivity index (χ0v) is 11.4. The van der Waals surface area contributed by atoms with Gasteiger partial charge in [-0.1, -0.05) is 0 Å². The fourth-order valence-electron chi connectivity index (χ4n) is 2.39. The molecule has 4 nitrogen and oxygen atoms in total. The minimum Gasteiger partial charge on any atom is -0.497 e. The first-order valence-corrected chi connectivity index (χ1v) is 6.55. The maximum absolute atomic E-state index is 12.3. The summed E-state index contributed by atoms with van der Waals surface area (Å²) in [7, 11) is 3.39. The highest BCUT2D eigenvalue weighted by molar-refractivity contribution is 5.95. The van der Waals surface area contributed by atoms with E-state index in [4.69, 9.17) is 4.74 Å². The van der Waals surface area contributed by atoms with Gasteiger partial charge in [0, 0.05) is 31.5 Å². The number of Topliss-reactive ketones (excluding diaryl/α,β-unsaturated/α-hetero) is 1. The van der Waals surface area contributed by atoms with Crippen molar-refractivity contribution in [1.82, 2.24) is 0 Å². The van der Waals surface area contributed by atoms with Crippen LogP contribution in [0.5, 0.6) is 5.75 Å². The van der Waals surface area contributed by atoms with E-state index in [-0.39, 0.29) is 17.6 Å². The van der Waals surface area contributed by atoms with Crippen LogP contribution in [0.2, 0.25) is 0 Å². The minimum absolute atomic E-state index is 0.0233. The molecule has 1 aliphatic rings. The predicted octanol–water partition coefficient (Wildman–Crippen LogP) is 2.42. The van der Waals surface area contributed by atoms with Gasteiger partial charge in [0.1, 0.15) is 11.5 Å². The SMILES string of the molecule is COc1ccc(N(C)C(=O)C2CCC(=O)CC2)cc1. The third-order valence-corrected chi connectivity index (χ3v) is 3.68. The third kappa shape index (κ3) is 3.13. The Morgan fingerprint density at radius 2 is 1.79 bits per heavy atom. The second-order valence-electron chi connectivity index (χ2n) is 4.91. The predicted molar refractivity (Wildman–Crippen MR) is 73.4 cm³/mol. The summed E-state index contributed by atoms with van der Waals surface area (Å²) in [6, 6.07) is 7.41. The molecular formula is C15H19NO3. The highest BCUT2D eigenvalue weighted by Gasteiger charge is 2.27. The molecule has 0 N–H and O–H groups in total. The van der Waals surface area contributed by atoms with Crippen LogP contribution in [0, 0.1) is 5.92 Å². The molecule has 102 valence electrons. The standard InChI is InChI=1S/C15H19NO3/c1-16(12-5-9-14(19-2)10-6-12)15(18)11-3-7-13(17)8-4-11/h5-6,9-11H,3-4,7-8H2,1-2H3. The molecule has 1 saturated carbocycles. The van der Waals surface area contributed by atoms with E-state index >= 15 is 0 Å². The summed E-state index contributed by atoms with van der Waals surface area (Å²) < 4.78 is 5.10. The van der Waals surface area contributed by atoms with Crippen molar-refractivity contribution in [2.24, 2.45) is 5.92 Å². The Hall–Kier alpha value is -1.84. The van der Waals surface area contributed by atoms with Crippen LogP contribution in [0.4, 0.5) is 5.69 Å². The lowest BCUT2D eigenvalue weighted by atomic mass is 9.87. The van der Waals surface area contributed by atoms with E-state index in [1.165, 1.54) is 0 Å². The van der Waals surface area contributed by atoms with Crippen molar-refractivity contribution in [2.75, 3.05) is 19.1 Å². The Kier molecular flexibility index (Phi) is 4.20. The summed E-state index contributed by atoms with van der Waals surface area (Å²) in [6.07, 6.45) is 2.43. The first kappa shape index (κ1) is 13.6. The van der Waals surface area contributed by atoms with Crippen LogP contribution in [0.3, 0.4) is 0 Å². The van der Waals surface area contributed by atoms with Crippen molar-refractivity contribution in [3.63, 3.8) is 0 Å². The lowest BCUT2D eigenvalue weighted by Gasteiger charge is -2.26. The van der Waals surface area contributed by atoms with Crippen molar-refractivity contribution in [3.8, 4) is 5.75 Å². The van der Waals surface area contributed by atoms with Crippen LogP contribution >= 0.6 is 0 Å². The van der Waals surface area contributed by atoms with E-state index in [1.54, 1.807) is 19.1 Å². The van der Waals surface area contributed by atoms with Crippen molar-refractivity contribution >= 4 is 17.4 Å². The molecule has 1 aliphatic carbocycles. The number of ether oxygens (including phenoxy) is 1. The van der Waals surface area contributed by atoms with Gasteiger partial charge in [0.2, 0.25) is 5.91 Å². The number of rotatable bonds is 3. The summed E-state index contributed by atoms with van der Waals surface area (Å²) in [5.41, 5.74) is 0.850. The van der Waals surface area contributed by atoms with Gasteiger partial charge in [0.05, 0.1) is 7.11 Å². The fraction of sp³-hybridized carbons (Fsp3) is 0.467. The summed E-state index contributed by atoms with van der Waals surface area (Å²) in [6.45, 7) is 0. The van der Waals surface area contributed by atoms with E-state index in [9.17, 15) is 9.59 Å². The number of amides is 1. The first-order valence-electron chi connectivity index (χ1n) is 6.55. The summed E-state index contributed by atoms with van der Waals surface area (Å²) in [4.78, 5) is 25.2. The average Bonchev–Trinajstić information content (AvgIpc) is 2.46. The largest absolute Gasteiger partial charge is 0.497 e. The molecule has 0 spiro atoms. The monoisotopic (exact) mass is 261 g/mol. The van der Waals surface area contributed by atoms with Gasteiger partial charge in [-0.2, -0.15) is 0 Å². The quantitative estimate of drug-likeness (QED) is 0.839. The molecule has 19 heavy (non-hydrogen) atoms. The Balaban J connectivity index is 2.03. The van der Waals surface area contributed by atoms with Crippen molar-refractivity contribution in [1.29, 1.82) is 0 Å². The second kappa shape index (κ2) is 5.87. The van der Waals surface area contributed by atoms with Crippen molar-refractivity contribution < 1.29 is 14.3 Å². The Morgan fingerprint density at radius 1 is 1.21 bits per heavy atom. The number of nitrogens with zero attached hydrogens (tertiary/aromatic N) is 1. The minimum atomic E-state index is -0.0233. The summed E-state index contributed by atoms with van der Waals surface area (Å²) >= 11 is 0. The van der Waals surface area contributed by atoms with Gasteiger partial charge in [-0.25, -0.2) is 0 Å². The van der Waals surface area contributed by atoms with Gasteiger partial charge in [0.25, 0.3) is 0 Å². The molecule has 1 aromatic rings. The molecule has 1 fully saturated rings. The van der Waals surface area contributed by atoms with Crippen LogP contribution in [0.15, 0.2) is 24.3 Å². The molecule has 0 saturated heterocycles. The normalized spacial score (nSPS) is 16.2. The number of methoxy groups -OCH3 is 1. The van der Waals surface area contributed by atoms with Gasteiger partial charge in [0.15, 0.2) is 0 Å². The molecule has 0 bridgehead atoms. The molecule has 0 radical (unpaired) electrons. The Bertz CT molecular complexity index is 457. The maximum Gasteiger partial charge on any atom is 0.229 e. The van der Waals surface area contributed by atoms with Crippen LogP contribution < -0.4 is 9.64 Å². The van der Waals surface area contributed by atoms with E-state index in [0.717, 1.165) is 11.4 Å². The first-order chi connectivity index (χ1) is 9.11. The van der Waals surface area contributed by atoms with Crippen molar-refractivity contribution in [3.05, 3.63) is 24.3 Å². The maximum atomic E-state index is 12.3. The second-order valence-corrected chi connectivity index (χ2v) is 4.91. The van der Waals surface area contributed by atoms with E-state index in [1.807, 2.05) is 24.3 Å². The number of benzene rings is 1. The molecule has 0 heterocycles. The zero-order valence-electron chi connectivity index (χ0n) is 11.4. The Morgan fingerprint density at radius 3 is 2.32 bits per heavy atom. The molecule has 0 unspecified atom stereocenters. The van der Waals surface area contributed by atoms with Gasteiger partial charge >= 0.3 is 0 Å². The third-order valence-electron chi connectivity index (χ3n) is 3.68. The topological polar surface area (TPSA) is 46.6 Å². The van der Waals surface area contributed by atoms with E-state index in [2.05, 4.69) is 0 Å². The zero-order chi connectivity index (χ0) is 13.8. The van der Waals surface area contributed by atoms with E-state index in [0.29, 0.717) is 25.7 Å². The molecule has 0 aromatic heterocycles. The number of carbonyl (C=O) groups is 2. The van der Waals surface area contributed by atoms with Crippen LogP contribution in [0.25, 0.3) is 0 Å². The number of carbonyl (C=O) groups excluding carboxylic acids is 2. The molecule has 0 aliphatic heterocycles. The lowest BCUT2D eigenvalue weighted by molar-refractivity contribution is -0.126. The van der Waals surface area contributed by atoms with Gasteiger partial charge in [-0.3, -0.25) is 9.59 Å². The molecule has 2 rings (SSSR count). The highest BCUT2D eigenvalue weighted by atomic mass is 16.5. The lowest BCUT2D eigenvalue weighted by Crippen LogP contribution is -2.35.